The first-order chi connectivity index (χ1) is 16.7. The van der Waals surface area contributed by atoms with Gasteiger partial charge in [-0.15, -0.1) is 0 Å². The fourth-order valence-corrected chi connectivity index (χ4v) is 5.34. The first-order valence-electron chi connectivity index (χ1n) is 12.6. The Hall–Kier alpha value is -3.22. The van der Waals surface area contributed by atoms with Crippen molar-refractivity contribution in [1.29, 1.82) is 0 Å². The quantitative estimate of drug-likeness (QED) is 0.598. The fraction of sp³-hybridized carbons (Fsp3) is 0.500. The Morgan fingerprint density at radius 2 is 1.86 bits per heavy atom. The molecule has 2 saturated heterocycles. The first kappa shape index (κ1) is 24.9. The van der Waals surface area contributed by atoms with Gasteiger partial charge in [-0.3, -0.25) is 19.5 Å². The van der Waals surface area contributed by atoms with Gasteiger partial charge in [-0.2, -0.15) is 0 Å². The average Bonchev–Trinajstić information content (AvgIpc) is 3.10. The number of aryl methyl sites for hydroxylation is 1. The molecule has 0 saturated carbocycles. The summed E-state index contributed by atoms with van der Waals surface area (Å²) in [6.45, 7) is 9.57. The molecule has 0 radical (unpaired) electrons. The average molecular weight is 477 g/mol. The molecule has 2 fully saturated rings. The third-order valence-electron chi connectivity index (χ3n) is 7.68. The molecule has 2 aliphatic rings. The number of aromatic nitrogens is 1. The molecule has 4 amide bonds. The highest BCUT2D eigenvalue weighted by molar-refractivity contribution is 6.07. The highest BCUT2D eigenvalue weighted by Crippen LogP contribution is 2.38. The van der Waals surface area contributed by atoms with Crippen LogP contribution in [-0.4, -0.2) is 51.3 Å². The van der Waals surface area contributed by atoms with Gasteiger partial charge in [0.25, 0.3) is 11.8 Å². The van der Waals surface area contributed by atoms with Gasteiger partial charge in [0.05, 0.1) is 12.2 Å². The Kier molecular flexibility index (Phi) is 7.24. The highest BCUT2D eigenvalue weighted by atomic mass is 16.2. The summed E-state index contributed by atoms with van der Waals surface area (Å²) in [6.07, 6.45) is 4.47. The number of likely N-dealkylation sites (tertiary alicyclic amines) is 1. The number of benzene rings is 1. The molecule has 2 aromatic rings. The van der Waals surface area contributed by atoms with Crippen LogP contribution in [0.2, 0.25) is 0 Å². The van der Waals surface area contributed by atoms with E-state index in [0.29, 0.717) is 44.0 Å². The van der Waals surface area contributed by atoms with Crippen LogP contribution in [0.3, 0.4) is 0 Å². The van der Waals surface area contributed by atoms with Crippen LogP contribution in [0.4, 0.5) is 4.79 Å². The van der Waals surface area contributed by atoms with Crippen molar-refractivity contribution in [2.75, 3.05) is 13.1 Å². The van der Waals surface area contributed by atoms with Crippen LogP contribution in [-0.2, 0) is 11.3 Å². The van der Waals surface area contributed by atoms with Gasteiger partial charge in [-0.1, -0.05) is 32.0 Å². The molecule has 3 heterocycles. The minimum Gasteiger partial charge on any atom is -0.339 e. The molecule has 0 spiro atoms. The fourth-order valence-electron chi connectivity index (χ4n) is 5.34. The van der Waals surface area contributed by atoms with Gasteiger partial charge >= 0.3 is 6.03 Å². The van der Waals surface area contributed by atoms with Crippen molar-refractivity contribution < 1.29 is 14.4 Å². The number of hydrogen-bond acceptors (Lipinski definition) is 4. The number of nitrogens with zero attached hydrogens (tertiary/aromatic N) is 3. The number of carbonyl (C=O) groups excluding carboxylic acids is 3. The number of pyridine rings is 1. The van der Waals surface area contributed by atoms with Crippen molar-refractivity contribution in [2.45, 2.75) is 65.5 Å². The zero-order valence-corrected chi connectivity index (χ0v) is 21.2. The highest BCUT2D eigenvalue weighted by Gasteiger charge is 2.55. The van der Waals surface area contributed by atoms with E-state index in [-0.39, 0.29) is 30.3 Å². The van der Waals surface area contributed by atoms with Crippen LogP contribution < -0.4 is 5.32 Å². The van der Waals surface area contributed by atoms with Crippen LogP contribution >= 0.6 is 0 Å². The van der Waals surface area contributed by atoms with Crippen LogP contribution in [0, 0.1) is 25.7 Å². The summed E-state index contributed by atoms with van der Waals surface area (Å²) in [5, 5.41) is 3.11. The Bertz CT molecular complexity index is 1090. The SMILES string of the molecule is Cc1cccc(C(=O)N2CCC(C3(CCC(C)C)NC(=O)N(Cc4ccccn4)C3=O)CC2)c1C. The zero-order valence-electron chi connectivity index (χ0n) is 21.2. The number of carbonyl (C=O) groups is 3. The summed E-state index contributed by atoms with van der Waals surface area (Å²) in [5.74, 6) is 0.272. The molecule has 2 aliphatic heterocycles. The zero-order chi connectivity index (χ0) is 25.2. The summed E-state index contributed by atoms with van der Waals surface area (Å²) >= 11 is 0. The maximum absolute atomic E-state index is 13.8. The van der Waals surface area contributed by atoms with Gasteiger partial charge < -0.3 is 10.2 Å². The largest absolute Gasteiger partial charge is 0.339 e. The number of urea groups is 1. The topological polar surface area (TPSA) is 82.6 Å². The molecule has 1 aromatic heterocycles. The van der Waals surface area contributed by atoms with Crippen molar-refractivity contribution in [1.82, 2.24) is 20.1 Å². The number of hydrogen-bond donors (Lipinski definition) is 1. The van der Waals surface area contributed by atoms with Gasteiger partial charge in [0.2, 0.25) is 0 Å². The second kappa shape index (κ2) is 10.2. The van der Waals surface area contributed by atoms with E-state index in [9.17, 15) is 14.4 Å². The molecule has 1 unspecified atom stereocenters. The molecule has 4 rings (SSSR count). The summed E-state index contributed by atoms with van der Waals surface area (Å²) in [7, 11) is 0. The lowest BCUT2D eigenvalue weighted by atomic mass is 9.73. The van der Waals surface area contributed by atoms with E-state index in [1.807, 2.05) is 55.1 Å². The summed E-state index contributed by atoms with van der Waals surface area (Å²) < 4.78 is 0. The van der Waals surface area contributed by atoms with Crippen LogP contribution in [0.5, 0.6) is 0 Å². The van der Waals surface area contributed by atoms with Crippen LogP contribution in [0.15, 0.2) is 42.6 Å². The Morgan fingerprint density at radius 1 is 1.11 bits per heavy atom. The molecule has 7 nitrogen and oxygen atoms in total. The summed E-state index contributed by atoms with van der Waals surface area (Å²) in [6, 6.07) is 11.0. The lowest BCUT2D eigenvalue weighted by molar-refractivity contribution is -0.134. The Balaban J connectivity index is 1.52. The van der Waals surface area contributed by atoms with Crippen molar-refractivity contribution >= 4 is 17.8 Å². The molecule has 186 valence electrons. The molecular formula is C28H36N4O3. The Morgan fingerprint density at radius 3 is 2.51 bits per heavy atom. The van der Waals surface area contributed by atoms with E-state index >= 15 is 0 Å². The van der Waals surface area contributed by atoms with E-state index in [0.717, 1.165) is 23.1 Å². The van der Waals surface area contributed by atoms with E-state index in [1.165, 1.54) is 4.90 Å². The van der Waals surface area contributed by atoms with E-state index in [1.54, 1.807) is 6.20 Å². The van der Waals surface area contributed by atoms with Crippen LogP contribution in [0.1, 0.15) is 66.7 Å². The minimum absolute atomic E-state index is 0.0194. The van der Waals surface area contributed by atoms with Crippen molar-refractivity contribution in [3.63, 3.8) is 0 Å². The van der Waals surface area contributed by atoms with E-state index < -0.39 is 5.54 Å². The molecule has 0 bridgehead atoms. The van der Waals surface area contributed by atoms with Gasteiger partial charge in [0.15, 0.2) is 0 Å². The number of piperidine rings is 1. The Labute approximate surface area is 207 Å². The van der Waals surface area contributed by atoms with Gasteiger partial charge in [0, 0.05) is 24.8 Å². The summed E-state index contributed by atoms with van der Waals surface area (Å²) in [4.78, 5) is 47.6. The molecule has 35 heavy (non-hydrogen) atoms. The normalized spacial score (nSPS) is 21.1. The number of imide groups is 1. The molecular weight excluding hydrogens is 440 g/mol. The van der Waals surface area contributed by atoms with Gasteiger partial charge in [-0.05, 0) is 80.7 Å². The van der Waals surface area contributed by atoms with E-state index in [2.05, 4.69) is 24.1 Å². The summed E-state index contributed by atoms with van der Waals surface area (Å²) in [5.41, 5.74) is 2.61. The molecule has 1 atom stereocenters. The van der Waals surface area contributed by atoms with Crippen LogP contribution in [0.25, 0.3) is 0 Å². The lowest BCUT2D eigenvalue weighted by Gasteiger charge is -2.41. The second-order valence-electron chi connectivity index (χ2n) is 10.4. The third kappa shape index (κ3) is 4.95. The number of rotatable bonds is 7. The third-order valence-corrected chi connectivity index (χ3v) is 7.68. The standard InChI is InChI=1S/C28H36N4O3/c1-19(2)11-14-28(26(34)32(27(35)30-28)18-23-9-5-6-15-29-23)22-12-16-31(17-13-22)25(33)24-10-7-8-20(3)21(24)4/h5-10,15,19,22H,11-14,16-18H2,1-4H3,(H,30,35). The van der Waals surface area contributed by atoms with Crippen molar-refractivity contribution in [3.05, 3.63) is 65.0 Å². The number of nitrogens with one attached hydrogen (secondary N) is 1. The maximum atomic E-state index is 13.8. The smallest absolute Gasteiger partial charge is 0.325 e. The molecule has 0 aliphatic carbocycles. The monoisotopic (exact) mass is 476 g/mol. The molecule has 1 aromatic carbocycles. The van der Waals surface area contributed by atoms with Gasteiger partial charge in [0.1, 0.15) is 5.54 Å². The first-order valence-corrected chi connectivity index (χ1v) is 12.6. The molecule has 1 N–H and O–H groups in total. The number of amides is 4. The lowest BCUT2D eigenvalue weighted by Crippen LogP contribution is -2.56. The minimum atomic E-state index is -0.926. The predicted octanol–water partition coefficient (Wildman–Crippen LogP) is 4.48. The second-order valence-corrected chi connectivity index (χ2v) is 10.4. The maximum Gasteiger partial charge on any atom is 0.325 e. The van der Waals surface area contributed by atoms with Crippen molar-refractivity contribution in [2.24, 2.45) is 11.8 Å². The predicted molar refractivity (Wildman–Crippen MR) is 135 cm³/mol. The molecule has 7 heteroatoms. The van der Waals surface area contributed by atoms with Gasteiger partial charge in [-0.25, -0.2) is 4.79 Å². The van der Waals surface area contributed by atoms with E-state index in [4.69, 9.17) is 0 Å². The van der Waals surface area contributed by atoms with Crippen molar-refractivity contribution in [3.8, 4) is 0 Å².